The Kier molecular flexibility index (Phi) is 8.08. The summed E-state index contributed by atoms with van der Waals surface area (Å²) in [4.78, 5) is 17.0. The fourth-order valence-corrected chi connectivity index (χ4v) is 1.14. The molecule has 0 aromatic heterocycles. The highest BCUT2D eigenvalue weighted by Crippen LogP contribution is 1.89. The molecule has 0 radical (unpaired) electrons. The van der Waals surface area contributed by atoms with E-state index in [1.165, 1.54) is 4.90 Å². The van der Waals surface area contributed by atoms with Gasteiger partial charge in [0.05, 0.1) is 13.2 Å². The topological polar surface area (TPSA) is 92.0 Å². The molecule has 100 valence electrons. The van der Waals surface area contributed by atoms with Crippen LogP contribution in [-0.4, -0.2) is 57.2 Å². The second kappa shape index (κ2) is 8.77. The second-order valence-electron chi connectivity index (χ2n) is 3.91. The number of amides is 1. The van der Waals surface area contributed by atoms with Crippen molar-refractivity contribution in [3.05, 3.63) is 0 Å². The molecule has 0 aliphatic rings. The van der Waals surface area contributed by atoms with Gasteiger partial charge in [-0.2, -0.15) is 0 Å². The van der Waals surface area contributed by atoms with Crippen LogP contribution in [0.1, 0.15) is 13.3 Å². The Morgan fingerprint density at radius 1 is 1.53 bits per heavy atom. The number of hydrazine groups is 1. The highest BCUT2D eigenvalue weighted by molar-refractivity contribution is 5.80. The SMILES string of the molecule is COCC(C)NC(=NCCC(=O)N(C)C)NN. The van der Waals surface area contributed by atoms with Crippen LogP contribution in [0.2, 0.25) is 0 Å². The summed E-state index contributed by atoms with van der Waals surface area (Å²) in [5, 5.41) is 3.03. The number of carbonyl (C=O) groups excluding carboxylic acids is 1. The van der Waals surface area contributed by atoms with Gasteiger partial charge in [0.2, 0.25) is 11.9 Å². The first-order valence-electron chi connectivity index (χ1n) is 5.48. The summed E-state index contributed by atoms with van der Waals surface area (Å²) in [6, 6.07) is 0.0966. The Bertz CT molecular complexity index is 255. The number of aliphatic imine (C=N–C) groups is 1. The van der Waals surface area contributed by atoms with Crippen molar-refractivity contribution in [3.8, 4) is 0 Å². The molecule has 1 unspecified atom stereocenters. The van der Waals surface area contributed by atoms with E-state index >= 15 is 0 Å². The van der Waals surface area contributed by atoms with Crippen molar-refractivity contribution in [2.45, 2.75) is 19.4 Å². The third kappa shape index (κ3) is 7.53. The largest absolute Gasteiger partial charge is 0.383 e. The molecule has 1 atom stereocenters. The summed E-state index contributed by atoms with van der Waals surface area (Å²) in [5.74, 6) is 5.81. The van der Waals surface area contributed by atoms with Crippen LogP contribution >= 0.6 is 0 Å². The van der Waals surface area contributed by atoms with Crippen molar-refractivity contribution in [2.75, 3.05) is 34.4 Å². The van der Waals surface area contributed by atoms with Crippen molar-refractivity contribution in [2.24, 2.45) is 10.8 Å². The number of nitrogens with one attached hydrogen (secondary N) is 2. The molecule has 0 heterocycles. The van der Waals surface area contributed by atoms with Gasteiger partial charge >= 0.3 is 0 Å². The van der Waals surface area contributed by atoms with E-state index in [2.05, 4.69) is 15.7 Å². The van der Waals surface area contributed by atoms with Crippen LogP contribution in [0.3, 0.4) is 0 Å². The molecule has 7 nitrogen and oxygen atoms in total. The Morgan fingerprint density at radius 3 is 2.65 bits per heavy atom. The van der Waals surface area contributed by atoms with E-state index in [9.17, 15) is 4.79 Å². The molecule has 0 spiro atoms. The molecule has 1 amide bonds. The Morgan fingerprint density at radius 2 is 2.18 bits per heavy atom. The van der Waals surface area contributed by atoms with Gasteiger partial charge in [-0.3, -0.25) is 15.2 Å². The first kappa shape index (κ1) is 15.7. The molecular formula is C10H23N5O2. The molecule has 7 heteroatoms. The Hall–Kier alpha value is -1.34. The van der Waals surface area contributed by atoms with E-state index < -0.39 is 0 Å². The van der Waals surface area contributed by atoms with E-state index in [-0.39, 0.29) is 11.9 Å². The lowest BCUT2D eigenvalue weighted by molar-refractivity contribution is -0.128. The number of hydrogen-bond acceptors (Lipinski definition) is 4. The summed E-state index contributed by atoms with van der Waals surface area (Å²) >= 11 is 0. The number of carbonyl (C=O) groups is 1. The lowest BCUT2D eigenvalue weighted by atomic mass is 10.3. The number of nitrogens with zero attached hydrogens (tertiary/aromatic N) is 2. The monoisotopic (exact) mass is 245 g/mol. The maximum atomic E-state index is 11.3. The number of guanidine groups is 1. The van der Waals surface area contributed by atoms with Crippen molar-refractivity contribution < 1.29 is 9.53 Å². The van der Waals surface area contributed by atoms with Crippen LogP contribution in [0.4, 0.5) is 0 Å². The van der Waals surface area contributed by atoms with E-state index in [4.69, 9.17) is 10.6 Å². The number of rotatable bonds is 6. The van der Waals surface area contributed by atoms with Gasteiger partial charge in [-0.15, -0.1) is 0 Å². The summed E-state index contributed by atoms with van der Waals surface area (Å²) in [7, 11) is 5.06. The zero-order valence-corrected chi connectivity index (χ0v) is 11.0. The number of nitrogens with two attached hydrogens (primary N) is 1. The van der Waals surface area contributed by atoms with E-state index in [1.807, 2.05) is 6.92 Å². The summed E-state index contributed by atoms with van der Waals surface area (Å²) in [5.41, 5.74) is 2.45. The maximum Gasteiger partial charge on any atom is 0.223 e. The van der Waals surface area contributed by atoms with Gasteiger partial charge in [0, 0.05) is 33.7 Å². The van der Waals surface area contributed by atoms with Crippen LogP contribution in [0, 0.1) is 0 Å². The fraction of sp³-hybridized carbons (Fsp3) is 0.800. The Balaban J connectivity index is 4.04. The molecule has 17 heavy (non-hydrogen) atoms. The molecule has 0 aromatic rings. The van der Waals surface area contributed by atoms with Crippen molar-refractivity contribution in [1.82, 2.24) is 15.6 Å². The predicted octanol–water partition coefficient (Wildman–Crippen LogP) is -1.09. The van der Waals surface area contributed by atoms with Crippen LogP contribution in [0.5, 0.6) is 0 Å². The summed E-state index contributed by atoms with van der Waals surface area (Å²) in [6.45, 7) is 2.89. The molecule has 0 bridgehead atoms. The van der Waals surface area contributed by atoms with Crippen LogP contribution in [0.15, 0.2) is 4.99 Å². The lowest BCUT2D eigenvalue weighted by Gasteiger charge is -2.15. The van der Waals surface area contributed by atoms with Crippen LogP contribution in [0.25, 0.3) is 0 Å². The minimum atomic E-state index is 0.0371. The summed E-state index contributed by atoms with van der Waals surface area (Å²) < 4.78 is 4.98. The molecule has 0 fully saturated rings. The minimum Gasteiger partial charge on any atom is -0.383 e. The lowest BCUT2D eigenvalue weighted by Crippen LogP contribution is -2.47. The molecule has 0 aliphatic heterocycles. The number of methoxy groups -OCH3 is 1. The molecule has 0 aliphatic carbocycles. The molecule has 0 saturated heterocycles. The van der Waals surface area contributed by atoms with E-state index in [1.54, 1.807) is 21.2 Å². The average molecular weight is 245 g/mol. The van der Waals surface area contributed by atoms with E-state index in [0.717, 1.165) is 0 Å². The minimum absolute atomic E-state index is 0.0371. The average Bonchev–Trinajstić information content (AvgIpc) is 2.27. The molecule has 0 rings (SSSR count). The van der Waals surface area contributed by atoms with Crippen LogP contribution < -0.4 is 16.6 Å². The molecular weight excluding hydrogens is 222 g/mol. The van der Waals surface area contributed by atoms with Crippen molar-refractivity contribution >= 4 is 11.9 Å². The van der Waals surface area contributed by atoms with Gasteiger partial charge < -0.3 is 15.0 Å². The first-order valence-corrected chi connectivity index (χ1v) is 5.48. The van der Waals surface area contributed by atoms with Gasteiger partial charge in [-0.05, 0) is 6.92 Å². The zero-order valence-electron chi connectivity index (χ0n) is 11.0. The summed E-state index contributed by atoms with van der Waals surface area (Å²) in [6.07, 6.45) is 0.360. The third-order valence-electron chi connectivity index (χ3n) is 2.03. The second-order valence-corrected chi connectivity index (χ2v) is 3.91. The van der Waals surface area contributed by atoms with Crippen LogP contribution in [-0.2, 0) is 9.53 Å². The van der Waals surface area contributed by atoms with E-state index in [0.29, 0.717) is 25.5 Å². The standard InChI is InChI=1S/C10H23N5O2/c1-8(7-17-4)13-10(14-11)12-6-5-9(16)15(2)3/h8H,5-7,11H2,1-4H3,(H2,12,13,14). The fourth-order valence-electron chi connectivity index (χ4n) is 1.14. The predicted molar refractivity (Wildman–Crippen MR) is 67.4 cm³/mol. The number of hydrogen-bond donors (Lipinski definition) is 3. The van der Waals surface area contributed by atoms with Crippen molar-refractivity contribution in [1.29, 1.82) is 0 Å². The van der Waals surface area contributed by atoms with Gasteiger partial charge in [-0.25, -0.2) is 5.84 Å². The molecule has 4 N–H and O–H groups in total. The number of ether oxygens (including phenoxy) is 1. The highest BCUT2D eigenvalue weighted by atomic mass is 16.5. The quantitative estimate of drug-likeness (QED) is 0.239. The third-order valence-corrected chi connectivity index (χ3v) is 2.03. The zero-order chi connectivity index (χ0) is 13.3. The normalized spacial score (nSPS) is 13.1. The Labute approximate surface area is 102 Å². The molecule has 0 aromatic carbocycles. The smallest absolute Gasteiger partial charge is 0.223 e. The van der Waals surface area contributed by atoms with Gasteiger partial charge in [0.1, 0.15) is 0 Å². The molecule has 0 saturated carbocycles. The van der Waals surface area contributed by atoms with Gasteiger partial charge in [0.15, 0.2) is 0 Å². The highest BCUT2D eigenvalue weighted by Gasteiger charge is 2.05. The maximum absolute atomic E-state index is 11.3. The van der Waals surface area contributed by atoms with Gasteiger partial charge in [0.25, 0.3) is 0 Å². The van der Waals surface area contributed by atoms with Crippen molar-refractivity contribution in [3.63, 3.8) is 0 Å². The van der Waals surface area contributed by atoms with Gasteiger partial charge in [-0.1, -0.05) is 0 Å². The first-order chi connectivity index (χ1) is 8.01.